The molecule has 2 heterocycles. The highest BCUT2D eigenvalue weighted by Crippen LogP contribution is 2.45. The van der Waals surface area contributed by atoms with Gasteiger partial charge in [-0.3, -0.25) is 9.59 Å². The van der Waals surface area contributed by atoms with Crippen molar-refractivity contribution in [1.29, 1.82) is 0 Å². The van der Waals surface area contributed by atoms with Crippen molar-refractivity contribution in [1.82, 2.24) is 15.2 Å². The average Bonchev–Trinajstić information content (AvgIpc) is 3.68. The Morgan fingerprint density at radius 1 is 1.06 bits per heavy atom. The molecule has 0 atom stereocenters. The van der Waals surface area contributed by atoms with E-state index in [-0.39, 0.29) is 17.0 Å². The van der Waals surface area contributed by atoms with Crippen molar-refractivity contribution in [3.8, 4) is 0 Å². The van der Waals surface area contributed by atoms with E-state index in [1.54, 1.807) is 12.3 Å². The third kappa shape index (κ3) is 4.66. The number of rotatable bonds is 7. The number of nitrogens with zero attached hydrogens (tertiary/aromatic N) is 1. The molecule has 6 heteroatoms. The Bertz CT molecular complexity index is 1440. The first kappa shape index (κ1) is 23.2. The zero-order valence-electron chi connectivity index (χ0n) is 20.1. The number of aromatic amines is 1. The van der Waals surface area contributed by atoms with Gasteiger partial charge in [-0.25, -0.2) is 0 Å². The van der Waals surface area contributed by atoms with Crippen LogP contribution in [0.4, 0.5) is 5.69 Å². The molecule has 0 saturated heterocycles. The maximum absolute atomic E-state index is 12.9. The summed E-state index contributed by atoms with van der Waals surface area (Å²) in [6, 6.07) is 21.0. The fourth-order valence-corrected chi connectivity index (χ4v) is 4.40. The van der Waals surface area contributed by atoms with Crippen LogP contribution in [0, 0.1) is 0 Å². The summed E-state index contributed by atoms with van der Waals surface area (Å²) >= 11 is 0. The Morgan fingerprint density at radius 2 is 1.81 bits per heavy atom. The molecule has 1 aliphatic carbocycles. The van der Waals surface area contributed by atoms with Gasteiger partial charge in [0.25, 0.3) is 5.91 Å². The zero-order chi connectivity index (χ0) is 25.1. The molecule has 5 rings (SSSR count). The van der Waals surface area contributed by atoms with E-state index in [4.69, 9.17) is 0 Å². The molecule has 6 nitrogen and oxygen atoms in total. The van der Waals surface area contributed by atoms with Crippen LogP contribution in [0.5, 0.6) is 0 Å². The van der Waals surface area contributed by atoms with Crippen LogP contribution in [-0.4, -0.2) is 15.8 Å². The fraction of sp³-hybridized carbons (Fsp3) is 0.133. The van der Waals surface area contributed by atoms with Gasteiger partial charge in [-0.2, -0.15) is 0 Å². The first-order valence-electron chi connectivity index (χ1n) is 12.0. The van der Waals surface area contributed by atoms with E-state index in [1.165, 1.54) is 0 Å². The number of hydrogen-bond acceptors (Lipinski definition) is 4. The molecule has 1 amide bonds. The molecule has 0 bridgehead atoms. The minimum Gasteiger partial charge on any atom is -0.354 e. The van der Waals surface area contributed by atoms with Gasteiger partial charge in [0.2, 0.25) is 5.56 Å². The molecular weight excluding hydrogens is 448 g/mol. The number of allylic oxidation sites excluding steroid dienone is 3. The molecule has 1 saturated carbocycles. The number of pyridine rings is 1. The highest BCUT2D eigenvalue weighted by molar-refractivity contribution is 5.95. The molecule has 1 fully saturated rings. The summed E-state index contributed by atoms with van der Waals surface area (Å²) in [5, 5.41) is 6.62. The molecule has 2 aromatic carbocycles. The lowest BCUT2D eigenvalue weighted by atomic mass is 10.0. The number of carbonyl (C=O) groups is 1. The summed E-state index contributed by atoms with van der Waals surface area (Å²) in [6.07, 6.45) is 11.3. The normalized spacial score (nSPS) is 16.4. The van der Waals surface area contributed by atoms with Gasteiger partial charge in [-0.15, -0.1) is 0 Å². The number of aromatic nitrogens is 1. The predicted octanol–water partition coefficient (Wildman–Crippen LogP) is 5.49. The molecule has 180 valence electrons. The van der Waals surface area contributed by atoms with Gasteiger partial charge in [0.05, 0.1) is 22.6 Å². The molecule has 1 aromatic heterocycles. The zero-order valence-corrected chi connectivity index (χ0v) is 20.1. The van der Waals surface area contributed by atoms with Crippen molar-refractivity contribution in [3.63, 3.8) is 0 Å². The maximum atomic E-state index is 12.9. The Kier molecular flexibility index (Phi) is 6.17. The van der Waals surface area contributed by atoms with E-state index in [0.29, 0.717) is 5.56 Å². The van der Waals surface area contributed by atoms with Crippen LogP contribution in [-0.2, 0) is 5.54 Å². The first-order valence-corrected chi connectivity index (χ1v) is 12.0. The highest BCUT2D eigenvalue weighted by Gasteiger charge is 2.45. The van der Waals surface area contributed by atoms with Crippen LogP contribution < -0.4 is 16.2 Å². The van der Waals surface area contributed by atoms with Crippen molar-refractivity contribution in [2.45, 2.75) is 25.3 Å². The Balaban J connectivity index is 1.31. The smallest absolute Gasteiger partial charge is 0.251 e. The summed E-state index contributed by atoms with van der Waals surface area (Å²) in [7, 11) is 0. The van der Waals surface area contributed by atoms with Gasteiger partial charge in [0.1, 0.15) is 0 Å². The Morgan fingerprint density at radius 3 is 2.47 bits per heavy atom. The van der Waals surface area contributed by atoms with E-state index in [2.05, 4.69) is 34.3 Å². The van der Waals surface area contributed by atoms with Crippen LogP contribution in [0.25, 0.3) is 5.70 Å². The Hall–Kier alpha value is -4.58. The number of H-pyrrole nitrogens is 1. The van der Waals surface area contributed by atoms with Crippen molar-refractivity contribution in [2.75, 3.05) is 5.32 Å². The monoisotopic (exact) mass is 476 g/mol. The van der Waals surface area contributed by atoms with Crippen molar-refractivity contribution in [2.24, 2.45) is 0 Å². The molecule has 2 aliphatic rings. The second-order valence-corrected chi connectivity index (χ2v) is 8.98. The lowest BCUT2D eigenvalue weighted by Gasteiger charge is -2.30. The highest BCUT2D eigenvalue weighted by atomic mass is 16.2. The molecule has 0 spiro atoms. The summed E-state index contributed by atoms with van der Waals surface area (Å²) in [5.41, 5.74) is 5.42. The SMILES string of the molecule is C=C1C(Nc2ccc(C(=O)NC3(c4ccccc4)CC3)cc2)=CC=C(c2cc[nH]c(=O)c2)N1/C=C\C. The third-order valence-electron chi connectivity index (χ3n) is 6.49. The number of benzene rings is 2. The fourth-order valence-electron chi connectivity index (χ4n) is 4.40. The quantitative estimate of drug-likeness (QED) is 0.421. The van der Waals surface area contributed by atoms with Crippen LogP contribution >= 0.6 is 0 Å². The summed E-state index contributed by atoms with van der Waals surface area (Å²) in [6.45, 7) is 6.20. The largest absolute Gasteiger partial charge is 0.354 e. The van der Waals surface area contributed by atoms with Gasteiger partial charge >= 0.3 is 0 Å². The maximum Gasteiger partial charge on any atom is 0.251 e. The van der Waals surface area contributed by atoms with Crippen LogP contribution in [0.2, 0.25) is 0 Å². The van der Waals surface area contributed by atoms with Crippen LogP contribution in [0.15, 0.2) is 120 Å². The third-order valence-corrected chi connectivity index (χ3v) is 6.49. The first-order chi connectivity index (χ1) is 17.5. The van der Waals surface area contributed by atoms with E-state index in [9.17, 15) is 9.59 Å². The molecule has 1 aliphatic heterocycles. The number of hydrogen-bond donors (Lipinski definition) is 3. The molecular formula is C30H28N4O2. The van der Waals surface area contributed by atoms with E-state index >= 15 is 0 Å². The number of anilines is 1. The minimum atomic E-state index is -0.246. The second kappa shape index (κ2) is 9.58. The van der Waals surface area contributed by atoms with Crippen molar-refractivity contribution < 1.29 is 4.79 Å². The van der Waals surface area contributed by atoms with Gasteiger partial charge in [0.15, 0.2) is 0 Å². The molecule has 3 aromatic rings. The minimum absolute atomic E-state index is 0.0751. The van der Waals surface area contributed by atoms with Crippen molar-refractivity contribution >= 4 is 17.3 Å². The van der Waals surface area contributed by atoms with E-state index in [1.807, 2.05) is 84.8 Å². The van der Waals surface area contributed by atoms with E-state index < -0.39 is 0 Å². The molecule has 3 N–H and O–H groups in total. The average molecular weight is 477 g/mol. The van der Waals surface area contributed by atoms with Crippen LogP contribution in [0.1, 0.15) is 41.3 Å². The standard InChI is InChI=1S/C30H28N4O2/c1-3-19-34-21(2)26(13-14-27(34)23-15-18-31-28(35)20-23)32-25-11-9-22(10-12-25)29(36)33-30(16-17-30)24-7-5-4-6-8-24/h3-15,18-20,32H,2,16-17H2,1H3,(H,31,35)(H,33,36)/b19-3-. The summed E-state index contributed by atoms with van der Waals surface area (Å²) in [4.78, 5) is 29.3. The second-order valence-electron chi connectivity index (χ2n) is 8.98. The summed E-state index contributed by atoms with van der Waals surface area (Å²) in [5.74, 6) is -0.0751. The summed E-state index contributed by atoms with van der Waals surface area (Å²) < 4.78 is 0. The molecule has 0 unspecified atom stereocenters. The predicted molar refractivity (Wildman–Crippen MR) is 144 cm³/mol. The lowest BCUT2D eigenvalue weighted by molar-refractivity contribution is 0.0931. The van der Waals surface area contributed by atoms with Gasteiger partial charge in [0, 0.05) is 35.3 Å². The topological polar surface area (TPSA) is 77.2 Å². The lowest BCUT2D eigenvalue weighted by Crippen LogP contribution is -2.34. The Labute approximate surface area is 210 Å². The van der Waals surface area contributed by atoms with Gasteiger partial charge in [-0.1, -0.05) is 43.0 Å². The van der Waals surface area contributed by atoms with Crippen molar-refractivity contribution in [3.05, 3.63) is 142 Å². The van der Waals surface area contributed by atoms with Gasteiger partial charge in [-0.05, 0) is 67.8 Å². The van der Waals surface area contributed by atoms with Crippen LogP contribution in [0.3, 0.4) is 0 Å². The number of amides is 1. The molecule has 0 radical (unpaired) electrons. The number of nitrogens with one attached hydrogen (secondary N) is 3. The van der Waals surface area contributed by atoms with Gasteiger partial charge < -0.3 is 20.5 Å². The molecule has 36 heavy (non-hydrogen) atoms. The van der Waals surface area contributed by atoms with E-state index in [0.717, 1.165) is 46.7 Å². The number of carbonyl (C=O) groups excluding carboxylic acids is 1.